The quantitative estimate of drug-likeness (QED) is 0.882. The van der Waals surface area contributed by atoms with E-state index in [9.17, 15) is 0 Å². The molecule has 3 nitrogen and oxygen atoms in total. The Balaban J connectivity index is 1.96. The van der Waals surface area contributed by atoms with E-state index in [0.717, 1.165) is 17.5 Å². The van der Waals surface area contributed by atoms with Gasteiger partial charge < -0.3 is 10.1 Å². The van der Waals surface area contributed by atoms with Crippen LogP contribution in [0.3, 0.4) is 0 Å². The molecule has 3 atom stereocenters. The summed E-state index contributed by atoms with van der Waals surface area (Å²) < 4.78 is 5.35. The second-order valence-electron chi connectivity index (χ2n) is 5.34. The first-order chi connectivity index (χ1) is 8.70. The zero-order valence-electron chi connectivity index (χ0n) is 11.6. The maximum atomic E-state index is 5.35. The fourth-order valence-electron chi connectivity index (χ4n) is 2.70. The molecule has 0 spiro atoms. The Labute approximate surface area is 110 Å². The van der Waals surface area contributed by atoms with E-state index in [0.29, 0.717) is 18.5 Å². The Morgan fingerprint density at radius 2 is 2.17 bits per heavy atom. The molecule has 0 radical (unpaired) electrons. The van der Waals surface area contributed by atoms with E-state index < -0.39 is 0 Å². The minimum absolute atomic E-state index is 0.577. The van der Waals surface area contributed by atoms with Gasteiger partial charge in [-0.25, -0.2) is 4.98 Å². The second kappa shape index (κ2) is 6.07. The SMILES string of the molecule is CCOc1ccc(NC2CCCC(C)C2C)cn1. The molecule has 1 aromatic heterocycles. The van der Waals surface area contributed by atoms with Crippen LogP contribution in [0, 0.1) is 11.8 Å². The average Bonchev–Trinajstić information content (AvgIpc) is 2.38. The van der Waals surface area contributed by atoms with Crippen molar-refractivity contribution in [3.05, 3.63) is 18.3 Å². The molecule has 0 aromatic carbocycles. The number of hydrogen-bond donors (Lipinski definition) is 1. The van der Waals surface area contributed by atoms with Crippen LogP contribution < -0.4 is 10.1 Å². The van der Waals surface area contributed by atoms with Crippen LogP contribution in [0.1, 0.15) is 40.0 Å². The molecule has 1 fully saturated rings. The van der Waals surface area contributed by atoms with Gasteiger partial charge in [0.05, 0.1) is 18.5 Å². The van der Waals surface area contributed by atoms with Gasteiger partial charge in [-0.2, -0.15) is 0 Å². The number of hydrogen-bond acceptors (Lipinski definition) is 3. The Morgan fingerprint density at radius 3 is 2.83 bits per heavy atom. The predicted octanol–water partition coefficient (Wildman–Crippen LogP) is 3.72. The maximum absolute atomic E-state index is 5.35. The minimum Gasteiger partial charge on any atom is -0.478 e. The fourth-order valence-corrected chi connectivity index (χ4v) is 2.70. The molecule has 1 saturated carbocycles. The number of aromatic nitrogens is 1. The summed E-state index contributed by atoms with van der Waals surface area (Å²) in [5.41, 5.74) is 1.10. The van der Waals surface area contributed by atoms with E-state index in [1.807, 2.05) is 19.2 Å². The lowest BCUT2D eigenvalue weighted by atomic mass is 9.78. The van der Waals surface area contributed by atoms with Gasteiger partial charge in [-0.05, 0) is 31.2 Å². The molecule has 18 heavy (non-hydrogen) atoms. The summed E-state index contributed by atoms with van der Waals surface area (Å²) in [4.78, 5) is 4.29. The zero-order chi connectivity index (χ0) is 13.0. The van der Waals surface area contributed by atoms with Crippen LogP contribution in [0.2, 0.25) is 0 Å². The lowest BCUT2D eigenvalue weighted by Crippen LogP contribution is -2.35. The van der Waals surface area contributed by atoms with Gasteiger partial charge in [-0.3, -0.25) is 0 Å². The molecule has 0 amide bonds. The summed E-state index contributed by atoms with van der Waals surface area (Å²) in [5, 5.41) is 3.61. The van der Waals surface area contributed by atoms with E-state index in [1.165, 1.54) is 19.3 Å². The first-order valence-corrected chi connectivity index (χ1v) is 7.06. The van der Waals surface area contributed by atoms with Crippen molar-refractivity contribution in [2.45, 2.75) is 46.1 Å². The van der Waals surface area contributed by atoms with Gasteiger partial charge in [0.1, 0.15) is 0 Å². The van der Waals surface area contributed by atoms with E-state index in [1.54, 1.807) is 0 Å². The predicted molar refractivity (Wildman–Crippen MR) is 75.0 cm³/mol. The van der Waals surface area contributed by atoms with E-state index in [-0.39, 0.29) is 0 Å². The van der Waals surface area contributed by atoms with E-state index in [2.05, 4.69) is 30.2 Å². The fraction of sp³-hybridized carbons (Fsp3) is 0.667. The molecule has 1 aromatic rings. The topological polar surface area (TPSA) is 34.1 Å². The van der Waals surface area contributed by atoms with Crippen molar-refractivity contribution in [2.75, 3.05) is 11.9 Å². The van der Waals surface area contributed by atoms with Crippen molar-refractivity contribution in [2.24, 2.45) is 11.8 Å². The molecule has 1 aliphatic carbocycles. The highest BCUT2D eigenvalue weighted by molar-refractivity contribution is 5.43. The standard InChI is InChI=1S/C15H24N2O/c1-4-18-15-9-8-13(10-16-15)17-14-7-5-6-11(2)12(14)3/h8-12,14,17H,4-7H2,1-3H3. The van der Waals surface area contributed by atoms with Gasteiger partial charge >= 0.3 is 0 Å². The molecule has 3 heteroatoms. The largest absolute Gasteiger partial charge is 0.478 e. The van der Waals surface area contributed by atoms with Crippen molar-refractivity contribution >= 4 is 5.69 Å². The lowest BCUT2D eigenvalue weighted by molar-refractivity contribution is 0.253. The van der Waals surface area contributed by atoms with Crippen LogP contribution in [0.5, 0.6) is 5.88 Å². The first-order valence-electron chi connectivity index (χ1n) is 7.06. The van der Waals surface area contributed by atoms with Crippen molar-refractivity contribution in [1.82, 2.24) is 4.98 Å². The molecule has 1 heterocycles. The number of rotatable bonds is 4. The molecule has 2 rings (SSSR count). The summed E-state index contributed by atoms with van der Waals surface area (Å²) in [6, 6.07) is 4.57. The van der Waals surface area contributed by atoms with Crippen LogP contribution >= 0.6 is 0 Å². The molecule has 0 saturated heterocycles. The van der Waals surface area contributed by atoms with Crippen LogP contribution in [-0.2, 0) is 0 Å². The van der Waals surface area contributed by atoms with Gasteiger partial charge in [-0.15, -0.1) is 0 Å². The third-order valence-corrected chi connectivity index (χ3v) is 4.09. The Morgan fingerprint density at radius 1 is 1.33 bits per heavy atom. The molecule has 1 N–H and O–H groups in total. The van der Waals surface area contributed by atoms with Crippen LogP contribution in [0.4, 0.5) is 5.69 Å². The monoisotopic (exact) mass is 248 g/mol. The van der Waals surface area contributed by atoms with Crippen LogP contribution in [-0.4, -0.2) is 17.6 Å². The highest BCUT2D eigenvalue weighted by Crippen LogP contribution is 2.31. The van der Waals surface area contributed by atoms with E-state index >= 15 is 0 Å². The Bertz CT molecular complexity index is 363. The van der Waals surface area contributed by atoms with Crippen LogP contribution in [0.15, 0.2) is 18.3 Å². The molecule has 3 unspecified atom stereocenters. The first kappa shape index (κ1) is 13.2. The van der Waals surface area contributed by atoms with Gasteiger partial charge in [-0.1, -0.05) is 26.7 Å². The number of ether oxygens (including phenoxy) is 1. The third kappa shape index (κ3) is 3.15. The number of anilines is 1. The average molecular weight is 248 g/mol. The maximum Gasteiger partial charge on any atom is 0.213 e. The molecular weight excluding hydrogens is 224 g/mol. The zero-order valence-corrected chi connectivity index (χ0v) is 11.6. The molecule has 0 bridgehead atoms. The molecule has 0 aliphatic heterocycles. The van der Waals surface area contributed by atoms with Gasteiger partial charge in [0.25, 0.3) is 0 Å². The number of nitrogens with one attached hydrogen (secondary N) is 1. The van der Waals surface area contributed by atoms with Gasteiger partial charge in [0.15, 0.2) is 0 Å². The normalized spacial score (nSPS) is 27.8. The van der Waals surface area contributed by atoms with E-state index in [4.69, 9.17) is 4.74 Å². The number of pyridine rings is 1. The van der Waals surface area contributed by atoms with Crippen LogP contribution in [0.25, 0.3) is 0 Å². The molecular formula is C15H24N2O. The van der Waals surface area contributed by atoms with Crippen molar-refractivity contribution < 1.29 is 4.74 Å². The highest BCUT2D eigenvalue weighted by Gasteiger charge is 2.26. The van der Waals surface area contributed by atoms with Crippen molar-refractivity contribution in [3.8, 4) is 5.88 Å². The second-order valence-corrected chi connectivity index (χ2v) is 5.34. The molecule has 1 aliphatic rings. The smallest absolute Gasteiger partial charge is 0.213 e. The van der Waals surface area contributed by atoms with Crippen molar-refractivity contribution in [1.29, 1.82) is 0 Å². The molecule has 100 valence electrons. The summed E-state index contributed by atoms with van der Waals surface area (Å²) in [6.45, 7) is 7.34. The van der Waals surface area contributed by atoms with Gasteiger partial charge in [0, 0.05) is 12.1 Å². The summed E-state index contributed by atoms with van der Waals surface area (Å²) in [5.74, 6) is 2.24. The van der Waals surface area contributed by atoms with Gasteiger partial charge in [0.2, 0.25) is 5.88 Å². The summed E-state index contributed by atoms with van der Waals surface area (Å²) >= 11 is 0. The summed E-state index contributed by atoms with van der Waals surface area (Å²) in [7, 11) is 0. The Kier molecular flexibility index (Phi) is 4.45. The minimum atomic E-state index is 0.577. The highest BCUT2D eigenvalue weighted by atomic mass is 16.5. The summed E-state index contributed by atoms with van der Waals surface area (Å²) in [6.07, 6.45) is 5.82. The number of nitrogens with zero attached hydrogens (tertiary/aromatic N) is 1. The Hall–Kier alpha value is -1.25. The van der Waals surface area contributed by atoms with Crippen molar-refractivity contribution in [3.63, 3.8) is 0 Å². The lowest BCUT2D eigenvalue weighted by Gasteiger charge is -2.35. The third-order valence-electron chi connectivity index (χ3n) is 4.09.